The normalized spacial score (nSPS) is 10.3. The number of para-hydroxylation sites is 1. The second-order valence-corrected chi connectivity index (χ2v) is 4.89. The lowest BCUT2D eigenvalue weighted by Crippen LogP contribution is -2.37. The Morgan fingerprint density at radius 2 is 1.96 bits per heavy atom. The topological polar surface area (TPSA) is 77.3 Å². The SMILES string of the molecule is CCCN(CC(=O)OCC)C(=O)c1cnn(-c2ccccc2)n1. The van der Waals surface area contributed by atoms with Gasteiger partial charge in [-0.3, -0.25) is 9.59 Å². The zero-order valence-corrected chi connectivity index (χ0v) is 13.3. The molecule has 0 fully saturated rings. The van der Waals surface area contributed by atoms with Gasteiger partial charge in [0, 0.05) is 6.54 Å². The molecule has 2 rings (SSSR count). The van der Waals surface area contributed by atoms with Crippen LogP contribution in [-0.4, -0.2) is 51.5 Å². The molecule has 1 aromatic heterocycles. The van der Waals surface area contributed by atoms with Crippen molar-refractivity contribution in [3.05, 3.63) is 42.2 Å². The van der Waals surface area contributed by atoms with E-state index < -0.39 is 5.97 Å². The van der Waals surface area contributed by atoms with Gasteiger partial charge in [-0.15, -0.1) is 5.10 Å². The van der Waals surface area contributed by atoms with Gasteiger partial charge in [-0.05, 0) is 25.5 Å². The molecule has 0 saturated carbocycles. The Labute approximate surface area is 134 Å². The molecule has 0 bridgehead atoms. The first-order valence-corrected chi connectivity index (χ1v) is 7.58. The summed E-state index contributed by atoms with van der Waals surface area (Å²) in [5.41, 5.74) is 0.964. The molecule has 0 unspecified atom stereocenters. The summed E-state index contributed by atoms with van der Waals surface area (Å²) in [5, 5.41) is 8.31. The van der Waals surface area contributed by atoms with Gasteiger partial charge in [-0.1, -0.05) is 25.1 Å². The summed E-state index contributed by atoms with van der Waals surface area (Å²) >= 11 is 0. The Kier molecular flexibility index (Phi) is 5.85. The maximum absolute atomic E-state index is 12.5. The second kappa shape index (κ2) is 8.07. The lowest BCUT2D eigenvalue weighted by atomic mass is 10.3. The molecule has 0 saturated heterocycles. The number of carbonyl (C=O) groups excluding carboxylic acids is 2. The average Bonchev–Trinajstić information content (AvgIpc) is 3.05. The molecule has 2 aromatic rings. The van der Waals surface area contributed by atoms with Crippen LogP contribution in [0.3, 0.4) is 0 Å². The van der Waals surface area contributed by atoms with Crippen LogP contribution in [0.25, 0.3) is 5.69 Å². The third kappa shape index (κ3) is 4.38. The van der Waals surface area contributed by atoms with Crippen LogP contribution in [0.4, 0.5) is 0 Å². The minimum Gasteiger partial charge on any atom is -0.465 e. The van der Waals surface area contributed by atoms with Crippen molar-refractivity contribution in [2.24, 2.45) is 0 Å². The molecule has 0 spiro atoms. The number of rotatable bonds is 7. The molecular weight excluding hydrogens is 296 g/mol. The zero-order valence-electron chi connectivity index (χ0n) is 13.3. The quantitative estimate of drug-likeness (QED) is 0.726. The van der Waals surface area contributed by atoms with Gasteiger partial charge in [0.05, 0.1) is 18.5 Å². The zero-order chi connectivity index (χ0) is 16.7. The van der Waals surface area contributed by atoms with Crippen molar-refractivity contribution >= 4 is 11.9 Å². The summed E-state index contributed by atoms with van der Waals surface area (Å²) in [6.45, 7) is 4.33. The van der Waals surface area contributed by atoms with Crippen molar-refractivity contribution in [3.63, 3.8) is 0 Å². The summed E-state index contributed by atoms with van der Waals surface area (Å²) in [6.07, 6.45) is 2.14. The molecule has 122 valence electrons. The maximum Gasteiger partial charge on any atom is 0.325 e. The number of nitrogens with zero attached hydrogens (tertiary/aromatic N) is 4. The third-order valence-corrected chi connectivity index (χ3v) is 3.10. The van der Waals surface area contributed by atoms with E-state index in [-0.39, 0.29) is 24.8 Å². The van der Waals surface area contributed by atoms with Gasteiger partial charge in [0.1, 0.15) is 6.54 Å². The van der Waals surface area contributed by atoms with Crippen molar-refractivity contribution in [1.82, 2.24) is 19.9 Å². The first-order chi connectivity index (χ1) is 11.2. The van der Waals surface area contributed by atoms with Crippen LogP contribution < -0.4 is 0 Å². The standard InChI is InChI=1S/C16H20N4O3/c1-3-10-19(12-15(21)23-4-2)16(22)14-11-17-20(18-14)13-8-6-5-7-9-13/h5-9,11H,3-4,10,12H2,1-2H3. The Hall–Kier alpha value is -2.70. The first kappa shape index (κ1) is 16.7. The number of carbonyl (C=O) groups is 2. The number of hydrogen-bond acceptors (Lipinski definition) is 5. The lowest BCUT2D eigenvalue weighted by Gasteiger charge is -2.19. The number of hydrogen-bond donors (Lipinski definition) is 0. The van der Waals surface area contributed by atoms with Crippen molar-refractivity contribution in [2.45, 2.75) is 20.3 Å². The fraction of sp³-hybridized carbons (Fsp3) is 0.375. The van der Waals surface area contributed by atoms with Gasteiger partial charge < -0.3 is 9.64 Å². The summed E-state index contributed by atoms with van der Waals surface area (Å²) in [5.74, 6) is -0.758. The molecule has 1 amide bonds. The summed E-state index contributed by atoms with van der Waals surface area (Å²) < 4.78 is 4.91. The Morgan fingerprint density at radius 1 is 1.22 bits per heavy atom. The van der Waals surface area contributed by atoms with E-state index in [1.807, 2.05) is 37.3 Å². The van der Waals surface area contributed by atoms with Crippen LogP contribution in [0.15, 0.2) is 36.5 Å². The average molecular weight is 316 g/mol. The van der Waals surface area contributed by atoms with E-state index >= 15 is 0 Å². The molecular formula is C16H20N4O3. The Balaban J connectivity index is 2.13. The highest BCUT2D eigenvalue weighted by Gasteiger charge is 2.21. The van der Waals surface area contributed by atoms with E-state index in [1.54, 1.807) is 6.92 Å². The van der Waals surface area contributed by atoms with E-state index in [1.165, 1.54) is 15.9 Å². The van der Waals surface area contributed by atoms with Crippen LogP contribution in [-0.2, 0) is 9.53 Å². The van der Waals surface area contributed by atoms with E-state index in [9.17, 15) is 9.59 Å². The maximum atomic E-state index is 12.5. The fourth-order valence-corrected chi connectivity index (χ4v) is 2.09. The number of aromatic nitrogens is 3. The summed E-state index contributed by atoms with van der Waals surface area (Å²) in [6, 6.07) is 9.31. The molecule has 1 aromatic carbocycles. The molecule has 7 nitrogen and oxygen atoms in total. The molecule has 0 atom stereocenters. The third-order valence-electron chi connectivity index (χ3n) is 3.10. The predicted octanol–water partition coefficient (Wildman–Crippen LogP) is 1.68. The number of benzene rings is 1. The summed E-state index contributed by atoms with van der Waals surface area (Å²) in [7, 11) is 0. The number of amides is 1. The van der Waals surface area contributed by atoms with E-state index in [0.717, 1.165) is 12.1 Å². The van der Waals surface area contributed by atoms with E-state index in [2.05, 4.69) is 10.2 Å². The van der Waals surface area contributed by atoms with Crippen molar-refractivity contribution in [3.8, 4) is 5.69 Å². The van der Waals surface area contributed by atoms with Gasteiger partial charge in [0.2, 0.25) is 0 Å². The Morgan fingerprint density at radius 3 is 2.61 bits per heavy atom. The predicted molar refractivity (Wildman–Crippen MR) is 84.2 cm³/mol. The minimum absolute atomic E-state index is 0.0846. The van der Waals surface area contributed by atoms with E-state index in [0.29, 0.717) is 6.54 Å². The molecule has 23 heavy (non-hydrogen) atoms. The molecule has 0 N–H and O–H groups in total. The van der Waals surface area contributed by atoms with Crippen molar-refractivity contribution < 1.29 is 14.3 Å². The molecule has 0 aliphatic carbocycles. The monoisotopic (exact) mass is 316 g/mol. The Bertz CT molecular complexity index is 654. The highest BCUT2D eigenvalue weighted by Crippen LogP contribution is 2.07. The lowest BCUT2D eigenvalue weighted by molar-refractivity contribution is -0.143. The van der Waals surface area contributed by atoms with E-state index in [4.69, 9.17) is 4.74 Å². The van der Waals surface area contributed by atoms with Crippen molar-refractivity contribution in [1.29, 1.82) is 0 Å². The summed E-state index contributed by atoms with van der Waals surface area (Å²) in [4.78, 5) is 27.0. The number of ether oxygens (including phenoxy) is 1. The van der Waals surface area contributed by atoms with Gasteiger partial charge in [-0.2, -0.15) is 9.90 Å². The second-order valence-electron chi connectivity index (χ2n) is 4.89. The molecule has 0 aliphatic heterocycles. The smallest absolute Gasteiger partial charge is 0.325 e. The first-order valence-electron chi connectivity index (χ1n) is 7.58. The molecule has 0 aliphatic rings. The van der Waals surface area contributed by atoms with Crippen LogP contribution in [0.1, 0.15) is 30.8 Å². The molecule has 7 heteroatoms. The largest absolute Gasteiger partial charge is 0.465 e. The minimum atomic E-state index is -0.426. The van der Waals surface area contributed by atoms with Crippen LogP contribution in [0, 0.1) is 0 Å². The van der Waals surface area contributed by atoms with Crippen LogP contribution >= 0.6 is 0 Å². The highest BCUT2D eigenvalue weighted by atomic mass is 16.5. The van der Waals surface area contributed by atoms with Gasteiger partial charge in [-0.25, -0.2) is 0 Å². The highest BCUT2D eigenvalue weighted by molar-refractivity contribution is 5.94. The molecule has 0 radical (unpaired) electrons. The van der Waals surface area contributed by atoms with Gasteiger partial charge in [0.15, 0.2) is 5.69 Å². The van der Waals surface area contributed by atoms with Crippen LogP contribution in [0.2, 0.25) is 0 Å². The molecule has 1 heterocycles. The van der Waals surface area contributed by atoms with Gasteiger partial charge >= 0.3 is 5.97 Å². The van der Waals surface area contributed by atoms with Crippen molar-refractivity contribution in [2.75, 3.05) is 19.7 Å². The fourth-order valence-electron chi connectivity index (χ4n) is 2.09. The van der Waals surface area contributed by atoms with Crippen LogP contribution in [0.5, 0.6) is 0 Å². The number of esters is 1. The van der Waals surface area contributed by atoms with Gasteiger partial charge in [0.25, 0.3) is 5.91 Å².